The molecule has 0 aliphatic carbocycles. The second-order valence-electron chi connectivity index (χ2n) is 0. The van der Waals surface area contributed by atoms with Crippen LogP contribution in [0.3, 0.4) is 0 Å². The van der Waals surface area contributed by atoms with Gasteiger partial charge in [0.2, 0.25) is 0 Å². The number of hydrogen-bond donors (Lipinski definition) is 0. The van der Waals surface area contributed by atoms with Gasteiger partial charge in [-0.15, -0.1) is 0 Å². The molecule has 4 heteroatoms. The molecular weight excluding hydrogens is 165 g/mol. The molecule has 1 radical (unpaired) electrons. The largest absolute Gasteiger partial charge is 0.316 e. The molecule has 0 spiro atoms. The molecule has 27 valence electrons. The molecule has 0 heterocycles. The summed E-state index contributed by atoms with van der Waals surface area (Å²) in [6.45, 7) is 0. The van der Waals surface area contributed by atoms with Gasteiger partial charge in [0.05, 0.1) is 0 Å². The Bertz CT molecular complexity index is 8.00. The van der Waals surface area contributed by atoms with Crippen molar-refractivity contribution in [2.45, 2.75) is 0 Å². The van der Waals surface area contributed by atoms with E-state index in [0.29, 0.717) is 0 Å². The Morgan fingerprint density at radius 2 is 1.00 bits per heavy atom. The Hall–Kier alpha value is 2.31. The first-order valence-electron chi connectivity index (χ1n) is 0. The normalized spacial score (nSPS) is 0. The van der Waals surface area contributed by atoms with E-state index in [1.54, 1.807) is 0 Å². The maximum absolute atomic E-state index is 0. The molecule has 0 N–H and O–H groups in total. The van der Waals surface area contributed by atoms with E-state index < -0.39 is 0 Å². The van der Waals surface area contributed by atoms with Crippen LogP contribution >= 0.6 is 0 Å². The standard InChI is InChI=1S/Al.Mg.Mn.Ni.5H. The van der Waals surface area contributed by atoms with Crippen molar-refractivity contribution in [2.75, 3.05) is 0 Å². The Morgan fingerprint density at radius 3 is 1.00 bits per heavy atom. The SMILES string of the molecule is [AlH3].[MgH2].[Mn].[Ni]. The Balaban J connectivity index is 0. The van der Waals surface area contributed by atoms with Crippen molar-refractivity contribution in [3.8, 4) is 0 Å². The van der Waals surface area contributed by atoms with Gasteiger partial charge in [-0.1, -0.05) is 0 Å². The van der Waals surface area contributed by atoms with Gasteiger partial charge in [0.15, 0.2) is 17.4 Å². The zero-order valence-corrected chi connectivity index (χ0v) is 2.86. The molecule has 0 fully saturated rings. The number of rotatable bonds is 0. The summed E-state index contributed by atoms with van der Waals surface area (Å²) in [4.78, 5) is 0. The van der Waals surface area contributed by atoms with Crippen LogP contribution in [-0.4, -0.2) is 40.4 Å². The molecule has 0 nitrogen and oxygen atoms in total. The van der Waals surface area contributed by atoms with Gasteiger partial charge in [0.1, 0.15) is 0 Å². The minimum Gasteiger partial charge on any atom is 0 e. The fourth-order valence-corrected chi connectivity index (χ4v) is 0. The molecular formula is H5AlMgMnNi. The molecule has 0 aliphatic heterocycles. The van der Waals surface area contributed by atoms with Gasteiger partial charge in [-0.3, -0.25) is 0 Å². The molecule has 4 heavy (non-hydrogen) atoms. The van der Waals surface area contributed by atoms with Crippen molar-refractivity contribution in [2.24, 2.45) is 0 Å². The summed E-state index contributed by atoms with van der Waals surface area (Å²) in [5.74, 6) is 0. The fraction of sp³-hybridized carbons (Fsp3) is 0. The third-order valence-corrected chi connectivity index (χ3v) is 0. The van der Waals surface area contributed by atoms with Crippen LogP contribution < -0.4 is 0 Å². The van der Waals surface area contributed by atoms with Gasteiger partial charge in [-0.25, -0.2) is 0 Å². The predicted molar refractivity (Wildman–Crippen MR) is 18.5 cm³/mol. The third-order valence-electron chi connectivity index (χ3n) is 0. The predicted octanol–water partition coefficient (Wildman–Crippen LogP) is -2.11. The van der Waals surface area contributed by atoms with E-state index >= 15 is 0 Å². The van der Waals surface area contributed by atoms with Crippen LogP contribution in [0.1, 0.15) is 0 Å². The van der Waals surface area contributed by atoms with Crippen molar-refractivity contribution in [3.05, 3.63) is 0 Å². The van der Waals surface area contributed by atoms with Crippen LogP contribution in [0.25, 0.3) is 0 Å². The van der Waals surface area contributed by atoms with Gasteiger partial charge >= 0.3 is 23.1 Å². The third kappa shape index (κ3) is 8.85. The van der Waals surface area contributed by atoms with Crippen molar-refractivity contribution in [1.29, 1.82) is 0 Å². The van der Waals surface area contributed by atoms with Crippen LogP contribution in [0.15, 0.2) is 0 Å². The molecule has 0 aromatic rings. The fourth-order valence-electron chi connectivity index (χ4n) is 0. The summed E-state index contributed by atoms with van der Waals surface area (Å²) in [5.41, 5.74) is 0. The first kappa shape index (κ1) is 33.3. The first-order chi connectivity index (χ1) is 0. The Kier molecular flexibility index (Phi) is 154. The summed E-state index contributed by atoms with van der Waals surface area (Å²) in [6.07, 6.45) is 0. The summed E-state index contributed by atoms with van der Waals surface area (Å²) >= 11 is 0. The molecule has 0 saturated carbocycles. The van der Waals surface area contributed by atoms with Crippen molar-refractivity contribution < 1.29 is 33.6 Å². The Morgan fingerprint density at radius 1 is 1.00 bits per heavy atom. The van der Waals surface area contributed by atoms with E-state index in [-0.39, 0.29) is 74.0 Å². The van der Waals surface area contributed by atoms with E-state index in [0.717, 1.165) is 0 Å². The molecule has 0 unspecified atom stereocenters. The molecule has 0 atom stereocenters. The van der Waals surface area contributed by atoms with Gasteiger partial charge in [-0.05, 0) is 0 Å². The van der Waals surface area contributed by atoms with Crippen molar-refractivity contribution >= 4 is 40.4 Å². The molecule has 0 rings (SSSR count). The zero-order chi connectivity index (χ0) is 0. The minimum atomic E-state index is 0. The van der Waals surface area contributed by atoms with Gasteiger partial charge < -0.3 is 0 Å². The second kappa shape index (κ2) is 18.5. The van der Waals surface area contributed by atoms with Crippen LogP contribution in [0, 0.1) is 0 Å². The molecule has 0 bridgehead atoms. The maximum Gasteiger partial charge on any atom is 0.316 e. The summed E-state index contributed by atoms with van der Waals surface area (Å²) < 4.78 is 0. The molecule has 0 aromatic carbocycles. The van der Waals surface area contributed by atoms with Crippen LogP contribution in [0.2, 0.25) is 0 Å². The van der Waals surface area contributed by atoms with E-state index in [1.807, 2.05) is 0 Å². The average molecular weight is 170 g/mol. The van der Waals surface area contributed by atoms with Crippen LogP contribution in [0.5, 0.6) is 0 Å². The second-order valence-corrected chi connectivity index (χ2v) is 0. The van der Waals surface area contributed by atoms with E-state index in [2.05, 4.69) is 0 Å². The smallest absolute Gasteiger partial charge is 0 e. The first-order valence-corrected chi connectivity index (χ1v) is 0. The molecule has 0 aromatic heterocycles. The molecule has 0 aliphatic rings. The van der Waals surface area contributed by atoms with Gasteiger partial charge in [0, 0.05) is 33.6 Å². The topological polar surface area (TPSA) is 0 Å². The Labute approximate surface area is 73.2 Å². The minimum absolute atomic E-state index is 0. The summed E-state index contributed by atoms with van der Waals surface area (Å²) in [7, 11) is 0. The summed E-state index contributed by atoms with van der Waals surface area (Å²) in [6, 6.07) is 0. The van der Waals surface area contributed by atoms with E-state index in [9.17, 15) is 0 Å². The zero-order valence-electron chi connectivity index (χ0n) is 0.694. The molecule has 0 amide bonds. The van der Waals surface area contributed by atoms with E-state index in [4.69, 9.17) is 0 Å². The molecule has 0 saturated heterocycles. The quantitative estimate of drug-likeness (QED) is 0.365. The van der Waals surface area contributed by atoms with Crippen LogP contribution in [-0.2, 0) is 33.6 Å². The summed E-state index contributed by atoms with van der Waals surface area (Å²) in [5, 5.41) is 0. The van der Waals surface area contributed by atoms with Crippen molar-refractivity contribution in [1.82, 2.24) is 0 Å². The van der Waals surface area contributed by atoms with E-state index in [1.165, 1.54) is 0 Å². The monoisotopic (exact) mass is 169 g/mol. The van der Waals surface area contributed by atoms with Crippen LogP contribution in [0.4, 0.5) is 0 Å². The van der Waals surface area contributed by atoms with Gasteiger partial charge in [0.25, 0.3) is 0 Å². The maximum atomic E-state index is 0. The average Bonchev–Trinajstić information content (AvgIpc) is 0. The van der Waals surface area contributed by atoms with Gasteiger partial charge in [-0.2, -0.15) is 0 Å². The number of hydrogen-bond acceptors (Lipinski definition) is 0. The van der Waals surface area contributed by atoms with Crippen molar-refractivity contribution in [3.63, 3.8) is 0 Å².